The molecule has 0 radical (unpaired) electrons. The summed E-state index contributed by atoms with van der Waals surface area (Å²) < 4.78 is 26.0. The van der Waals surface area contributed by atoms with E-state index in [1.54, 1.807) is 34.0 Å². The third-order valence-electron chi connectivity index (χ3n) is 4.83. The van der Waals surface area contributed by atoms with Gasteiger partial charge in [-0.15, -0.1) is 0 Å². The first kappa shape index (κ1) is 17.4. The number of morpholine rings is 1. The third-order valence-corrected chi connectivity index (χ3v) is 4.83. The van der Waals surface area contributed by atoms with Crippen LogP contribution in [-0.2, 0) is 11.8 Å². The number of amides is 1. The number of hydrogen-bond acceptors (Lipinski definition) is 5. The molecule has 1 aliphatic heterocycles. The smallest absolute Gasteiger partial charge is 0.276 e. The van der Waals surface area contributed by atoms with Gasteiger partial charge in [-0.25, -0.2) is 4.39 Å². The summed E-state index contributed by atoms with van der Waals surface area (Å²) in [7, 11) is 1.84. The van der Waals surface area contributed by atoms with Crippen molar-refractivity contribution in [3.05, 3.63) is 59.3 Å². The van der Waals surface area contributed by atoms with Crippen molar-refractivity contribution >= 4 is 5.91 Å². The van der Waals surface area contributed by atoms with Crippen LogP contribution in [0.15, 0.2) is 41.1 Å². The Labute approximate surface area is 155 Å². The highest BCUT2D eigenvalue weighted by atomic mass is 19.1. The van der Waals surface area contributed by atoms with E-state index in [1.807, 2.05) is 14.0 Å². The van der Waals surface area contributed by atoms with Crippen molar-refractivity contribution in [1.82, 2.24) is 19.8 Å². The molecule has 1 atom stereocenters. The second-order valence-electron chi connectivity index (χ2n) is 6.51. The summed E-state index contributed by atoms with van der Waals surface area (Å²) in [5.74, 6) is -0.0161. The Morgan fingerprint density at radius 3 is 2.78 bits per heavy atom. The molecule has 3 aromatic rings. The zero-order valence-corrected chi connectivity index (χ0v) is 15.1. The minimum absolute atomic E-state index is 0.220. The van der Waals surface area contributed by atoms with E-state index in [0.717, 1.165) is 16.8 Å². The number of ether oxygens (including phenoxy) is 1. The summed E-state index contributed by atoms with van der Waals surface area (Å²) in [4.78, 5) is 14.5. The van der Waals surface area contributed by atoms with Crippen LogP contribution in [0.25, 0.3) is 11.3 Å². The van der Waals surface area contributed by atoms with Gasteiger partial charge in [0.1, 0.15) is 11.9 Å². The van der Waals surface area contributed by atoms with Crippen molar-refractivity contribution in [2.75, 3.05) is 19.7 Å². The van der Waals surface area contributed by atoms with Gasteiger partial charge in [0.2, 0.25) is 0 Å². The Morgan fingerprint density at radius 1 is 1.30 bits per heavy atom. The molecule has 0 unspecified atom stereocenters. The molecular weight excluding hydrogens is 351 g/mol. The molecule has 7 nitrogen and oxygen atoms in total. The van der Waals surface area contributed by atoms with Crippen LogP contribution in [0.5, 0.6) is 0 Å². The lowest BCUT2D eigenvalue weighted by atomic mass is 10.1. The molecule has 1 fully saturated rings. The number of carbonyl (C=O) groups excluding carboxylic acids is 1. The topological polar surface area (TPSA) is 73.4 Å². The summed E-state index contributed by atoms with van der Waals surface area (Å²) in [6, 6.07) is 7.76. The predicted molar refractivity (Wildman–Crippen MR) is 94.4 cm³/mol. The molecule has 2 aromatic heterocycles. The number of nitrogens with zero attached hydrogens (tertiary/aromatic N) is 4. The largest absolute Gasteiger partial charge is 0.370 e. The van der Waals surface area contributed by atoms with Gasteiger partial charge in [-0.05, 0) is 24.6 Å². The molecule has 1 amide bonds. The van der Waals surface area contributed by atoms with E-state index >= 15 is 0 Å². The Kier molecular flexibility index (Phi) is 4.49. The highest BCUT2D eigenvalue weighted by Gasteiger charge is 2.28. The molecular formula is C19H19FN4O3. The van der Waals surface area contributed by atoms with E-state index < -0.39 is 0 Å². The molecule has 0 spiro atoms. The van der Waals surface area contributed by atoms with Crippen molar-refractivity contribution in [3.8, 4) is 11.3 Å². The van der Waals surface area contributed by atoms with Crippen molar-refractivity contribution in [2.24, 2.45) is 7.05 Å². The lowest BCUT2D eigenvalue weighted by Crippen LogP contribution is -2.42. The van der Waals surface area contributed by atoms with Crippen LogP contribution in [0.4, 0.5) is 4.39 Å². The fourth-order valence-corrected chi connectivity index (χ4v) is 3.12. The summed E-state index contributed by atoms with van der Waals surface area (Å²) in [5.41, 5.74) is 2.80. The number of rotatable bonds is 3. The molecule has 1 saturated heterocycles. The predicted octanol–water partition coefficient (Wildman–Crippen LogP) is 2.74. The zero-order chi connectivity index (χ0) is 19.0. The van der Waals surface area contributed by atoms with E-state index in [4.69, 9.17) is 9.26 Å². The Balaban J connectivity index is 1.51. The van der Waals surface area contributed by atoms with Gasteiger partial charge in [-0.2, -0.15) is 5.10 Å². The molecule has 140 valence electrons. The third kappa shape index (κ3) is 3.35. The molecule has 0 N–H and O–H groups in total. The number of aryl methyl sites for hydroxylation is 1. The Morgan fingerprint density at radius 2 is 2.07 bits per heavy atom. The Hall–Kier alpha value is -3.00. The SMILES string of the molecule is Cc1c(-c2cc(C(=O)N3CCO[C@@H](c4ccc(F)cc4)C3)no2)cnn1C. The molecule has 0 saturated carbocycles. The van der Waals surface area contributed by atoms with Gasteiger partial charge in [0.15, 0.2) is 11.5 Å². The van der Waals surface area contributed by atoms with Crippen molar-refractivity contribution in [2.45, 2.75) is 13.0 Å². The van der Waals surface area contributed by atoms with Crippen LogP contribution < -0.4 is 0 Å². The fourth-order valence-electron chi connectivity index (χ4n) is 3.12. The van der Waals surface area contributed by atoms with Crippen LogP contribution in [0.3, 0.4) is 0 Å². The second kappa shape index (κ2) is 6.96. The van der Waals surface area contributed by atoms with Crippen molar-refractivity contribution in [3.63, 3.8) is 0 Å². The molecule has 8 heteroatoms. The Bertz CT molecular complexity index is 964. The van der Waals surface area contributed by atoms with E-state index in [0.29, 0.717) is 25.5 Å². The van der Waals surface area contributed by atoms with Gasteiger partial charge in [0.05, 0.1) is 24.9 Å². The maximum absolute atomic E-state index is 13.1. The fraction of sp³-hybridized carbons (Fsp3) is 0.316. The minimum Gasteiger partial charge on any atom is -0.370 e. The first-order valence-electron chi connectivity index (χ1n) is 8.65. The summed E-state index contributed by atoms with van der Waals surface area (Å²) in [6.07, 6.45) is 1.39. The summed E-state index contributed by atoms with van der Waals surface area (Å²) in [6.45, 7) is 3.16. The lowest BCUT2D eigenvalue weighted by molar-refractivity contribution is -0.0231. The molecule has 27 heavy (non-hydrogen) atoms. The molecule has 3 heterocycles. The zero-order valence-electron chi connectivity index (χ0n) is 15.1. The maximum atomic E-state index is 13.1. The molecule has 0 bridgehead atoms. The maximum Gasteiger partial charge on any atom is 0.276 e. The lowest BCUT2D eigenvalue weighted by Gasteiger charge is -2.32. The van der Waals surface area contributed by atoms with Gasteiger partial charge >= 0.3 is 0 Å². The van der Waals surface area contributed by atoms with Crippen molar-refractivity contribution < 1.29 is 18.4 Å². The molecule has 0 aliphatic carbocycles. The number of benzene rings is 1. The number of aromatic nitrogens is 3. The number of hydrogen-bond donors (Lipinski definition) is 0. The number of halogens is 1. The first-order chi connectivity index (χ1) is 13.0. The highest BCUT2D eigenvalue weighted by Crippen LogP contribution is 2.26. The molecule has 1 aromatic carbocycles. The van der Waals surface area contributed by atoms with Crippen LogP contribution in [0.2, 0.25) is 0 Å². The van der Waals surface area contributed by atoms with Crippen LogP contribution in [-0.4, -0.2) is 45.4 Å². The normalized spacial score (nSPS) is 17.3. The minimum atomic E-state index is -0.302. The standard InChI is InChI=1S/C19H19FN4O3/c1-12-15(10-21-23(12)2)17-9-16(22-27-17)19(25)24-7-8-26-18(11-24)13-3-5-14(20)6-4-13/h3-6,9-10,18H,7-8,11H2,1-2H3/t18-/m1/s1. The van der Waals surface area contributed by atoms with Gasteiger partial charge in [0, 0.05) is 25.4 Å². The van der Waals surface area contributed by atoms with Gasteiger partial charge < -0.3 is 14.2 Å². The second-order valence-corrected chi connectivity index (χ2v) is 6.51. The average Bonchev–Trinajstić information content (AvgIpc) is 3.29. The van der Waals surface area contributed by atoms with Crippen LogP contribution in [0, 0.1) is 12.7 Å². The quantitative estimate of drug-likeness (QED) is 0.709. The molecule has 1 aliphatic rings. The van der Waals surface area contributed by atoms with Crippen LogP contribution >= 0.6 is 0 Å². The number of carbonyl (C=O) groups is 1. The van der Waals surface area contributed by atoms with E-state index in [2.05, 4.69) is 10.3 Å². The van der Waals surface area contributed by atoms with E-state index in [1.165, 1.54) is 12.1 Å². The average molecular weight is 370 g/mol. The van der Waals surface area contributed by atoms with E-state index in [-0.39, 0.29) is 23.5 Å². The summed E-state index contributed by atoms with van der Waals surface area (Å²) in [5, 5.41) is 8.11. The van der Waals surface area contributed by atoms with E-state index in [9.17, 15) is 9.18 Å². The van der Waals surface area contributed by atoms with Crippen molar-refractivity contribution in [1.29, 1.82) is 0 Å². The first-order valence-corrected chi connectivity index (χ1v) is 8.65. The molecule has 4 rings (SSSR count). The van der Waals surface area contributed by atoms with Gasteiger partial charge in [-0.1, -0.05) is 17.3 Å². The summed E-state index contributed by atoms with van der Waals surface area (Å²) >= 11 is 0. The van der Waals surface area contributed by atoms with Gasteiger partial charge in [-0.3, -0.25) is 9.48 Å². The highest BCUT2D eigenvalue weighted by molar-refractivity contribution is 5.93. The van der Waals surface area contributed by atoms with Gasteiger partial charge in [0.25, 0.3) is 5.91 Å². The monoisotopic (exact) mass is 370 g/mol. The van der Waals surface area contributed by atoms with Crippen LogP contribution in [0.1, 0.15) is 27.8 Å².